The van der Waals surface area contributed by atoms with E-state index in [1.54, 1.807) is 0 Å². The van der Waals surface area contributed by atoms with Crippen molar-refractivity contribution in [1.29, 1.82) is 0 Å². The number of anilines is 1. The Kier molecular flexibility index (Phi) is 2.23. The molecule has 1 aromatic heterocycles. The van der Waals surface area contributed by atoms with E-state index in [4.69, 9.17) is 5.73 Å². The van der Waals surface area contributed by atoms with Gasteiger partial charge >= 0.3 is 0 Å². The minimum absolute atomic E-state index is 0.371. The monoisotopic (exact) mass is 191 g/mol. The molecule has 0 unspecified atom stereocenters. The lowest BCUT2D eigenvalue weighted by Crippen LogP contribution is -1.89. The van der Waals surface area contributed by atoms with Gasteiger partial charge in [-0.3, -0.25) is 0 Å². The molecule has 0 saturated heterocycles. The maximum Gasteiger partial charge on any atom is 0.232 e. The van der Waals surface area contributed by atoms with Crippen LogP contribution in [-0.2, 0) is 6.42 Å². The third kappa shape index (κ3) is 2.03. The quantitative estimate of drug-likeness (QED) is 0.786. The van der Waals surface area contributed by atoms with Crippen molar-refractivity contribution in [3.05, 3.63) is 40.9 Å². The third-order valence-electron chi connectivity index (χ3n) is 1.68. The summed E-state index contributed by atoms with van der Waals surface area (Å²) in [5.74, 6) is 0.371. The second-order valence-corrected chi connectivity index (χ2v) is 3.55. The van der Waals surface area contributed by atoms with Gasteiger partial charge in [-0.25, -0.2) is 4.98 Å². The van der Waals surface area contributed by atoms with Crippen LogP contribution in [0.4, 0.5) is 5.95 Å². The van der Waals surface area contributed by atoms with Gasteiger partial charge in [-0.05, 0) is 17.1 Å². The lowest BCUT2D eigenvalue weighted by molar-refractivity contribution is 1.14. The number of hydrogen-bond acceptors (Lipinski definition) is 4. The molecule has 0 bridgehead atoms. The van der Waals surface area contributed by atoms with Gasteiger partial charge in [-0.15, -0.1) is 0 Å². The molecular weight excluding hydrogens is 182 g/mol. The van der Waals surface area contributed by atoms with Crippen LogP contribution in [0.15, 0.2) is 30.3 Å². The highest BCUT2D eigenvalue weighted by Gasteiger charge is 2.00. The van der Waals surface area contributed by atoms with E-state index in [1.165, 1.54) is 17.1 Å². The summed E-state index contributed by atoms with van der Waals surface area (Å²) in [6.07, 6.45) is 0.815. The van der Waals surface area contributed by atoms with Crippen LogP contribution in [0.2, 0.25) is 0 Å². The summed E-state index contributed by atoms with van der Waals surface area (Å²) in [7, 11) is 0. The summed E-state index contributed by atoms with van der Waals surface area (Å²) in [4.78, 5) is 4.09. The normalized spacial score (nSPS) is 10.2. The number of aromatic nitrogens is 2. The number of benzene rings is 1. The van der Waals surface area contributed by atoms with Gasteiger partial charge in [0.25, 0.3) is 0 Å². The molecule has 2 aromatic rings. The summed E-state index contributed by atoms with van der Waals surface area (Å²) in [6.45, 7) is 0. The zero-order valence-corrected chi connectivity index (χ0v) is 7.79. The number of hydrogen-bond donors (Lipinski definition) is 1. The van der Waals surface area contributed by atoms with E-state index in [-0.39, 0.29) is 0 Å². The highest BCUT2D eigenvalue weighted by atomic mass is 32.1. The number of nitrogen functional groups attached to an aromatic ring is 1. The van der Waals surface area contributed by atoms with Crippen LogP contribution in [0.1, 0.15) is 10.6 Å². The molecule has 0 aliphatic carbocycles. The SMILES string of the molecule is Nc1nsc(Cc2ccccc2)n1. The number of nitrogens with two attached hydrogens (primary N) is 1. The van der Waals surface area contributed by atoms with Gasteiger partial charge in [0, 0.05) is 6.42 Å². The van der Waals surface area contributed by atoms with E-state index >= 15 is 0 Å². The first kappa shape index (κ1) is 8.19. The molecule has 1 aromatic carbocycles. The van der Waals surface area contributed by atoms with Crippen molar-refractivity contribution in [3.8, 4) is 0 Å². The molecule has 0 fully saturated rings. The molecule has 0 atom stereocenters. The maximum absolute atomic E-state index is 5.42. The van der Waals surface area contributed by atoms with Crippen molar-refractivity contribution in [2.75, 3.05) is 5.73 Å². The largest absolute Gasteiger partial charge is 0.367 e. The zero-order chi connectivity index (χ0) is 9.10. The van der Waals surface area contributed by atoms with E-state index in [0.29, 0.717) is 5.95 Å². The summed E-state index contributed by atoms with van der Waals surface area (Å²) in [5, 5.41) is 0.962. The van der Waals surface area contributed by atoms with E-state index in [1.807, 2.05) is 18.2 Å². The van der Waals surface area contributed by atoms with Gasteiger partial charge in [0.05, 0.1) is 0 Å². The molecule has 0 aliphatic rings. The van der Waals surface area contributed by atoms with Gasteiger partial charge in [-0.1, -0.05) is 30.3 Å². The Morgan fingerprint density at radius 3 is 2.62 bits per heavy atom. The Labute approximate surface area is 80.4 Å². The van der Waals surface area contributed by atoms with Gasteiger partial charge in [0.15, 0.2) is 0 Å². The van der Waals surface area contributed by atoms with E-state index < -0.39 is 0 Å². The zero-order valence-electron chi connectivity index (χ0n) is 6.97. The van der Waals surface area contributed by atoms with Crippen LogP contribution < -0.4 is 5.73 Å². The Morgan fingerprint density at radius 2 is 2.00 bits per heavy atom. The Bertz CT molecular complexity index is 383. The second kappa shape index (κ2) is 3.53. The molecule has 13 heavy (non-hydrogen) atoms. The van der Waals surface area contributed by atoms with Crippen LogP contribution in [0.5, 0.6) is 0 Å². The minimum Gasteiger partial charge on any atom is -0.367 e. The van der Waals surface area contributed by atoms with Crippen molar-refractivity contribution in [2.45, 2.75) is 6.42 Å². The Morgan fingerprint density at radius 1 is 1.23 bits per heavy atom. The molecule has 3 nitrogen and oxygen atoms in total. The van der Waals surface area contributed by atoms with Crippen LogP contribution in [0.3, 0.4) is 0 Å². The van der Waals surface area contributed by atoms with Crippen LogP contribution >= 0.6 is 11.5 Å². The van der Waals surface area contributed by atoms with Crippen LogP contribution in [-0.4, -0.2) is 9.36 Å². The molecule has 0 aliphatic heterocycles. The molecule has 2 rings (SSSR count). The van der Waals surface area contributed by atoms with Gasteiger partial charge in [0.2, 0.25) is 5.95 Å². The van der Waals surface area contributed by atoms with E-state index in [2.05, 4.69) is 21.5 Å². The van der Waals surface area contributed by atoms with Gasteiger partial charge in [-0.2, -0.15) is 4.37 Å². The van der Waals surface area contributed by atoms with Gasteiger partial charge < -0.3 is 5.73 Å². The van der Waals surface area contributed by atoms with Crippen LogP contribution in [0.25, 0.3) is 0 Å². The average molecular weight is 191 g/mol. The van der Waals surface area contributed by atoms with Crippen molar-refractivity contribution in [2.24, 2.45) is 0 Å². The summed E-state index contributed by atoms with van der Waals surface area (Å²) in [6, 6.07) is 10.2. The fourth-order valence-electron chi connectivity index (χ4n) is 1.11. The first-order chi connectivity index (χ1) is 6.34. The van der Waals surface area contributed by atoms with Crippen molar-refractivity contribution in [3.63, 3.8) is 0 Å². The average Bonchev–Trinajstić information content (AvgIpc) is 2.53. The van der Waals surface area contributed by atoms with Gasteiger partial charge in [0.1, 0.15) is 5.01 Å². The Hall–Kier alpha value is -1.42. The molecule has 2 N–H and O–H groups in total. The standard InChI is InChI=1S/C9H9N3S/c10-9-11-8(13-12-9)6-7-4-2-1-3-5-7/h1-5H,6H2,(H2,10,12). The fourth-order valence-corrected chi connectivity index (χ4v) is 1.72. The molecule has 4 heteroatoms. The molecule has 66 valence electrons. The number of nitrogens with zero attached hydrogens (tertiary/aromatic N) is 2. The lowest BCUT2D eigenvalue weighted by atomic mass is 10.2. The molecule has 0 saturated carbocycles. The highest BCUT2D eigenvalue weighted by Crippen LogP contribution is 2.11. The minimum atomic E-state index is 0.371. The fraction of sp³-hybridized carbons (Fsp3) is 0.111. The summed E-state index contributed by atoms with van der Waals surface area (Å²) < 4.78 is 3.92. The van der Waals surface area contributed by atoms with E-state index in [0.717, 1.165) is 11.4 Å². The van der Waals surface area contributed by atoms with Crippen molar-refractivity contribution < 1.29 is 0 Å². The predicted molar refractivity (Wildman–Crippen MR) is 53.6 cm³/mol. The molecule has 0 radical (unpaired) electrons. The first-order valence-electron chi connectivity index (χ1n) is 3.96. The molecule has 1 heterocycles. The Balaban J connectivity index is 2.15. The van der Waals surface area contributed by atoms with Crippen molar-refractivity contribution >= 4 is 17.5 Å². The molecule has 0 amide bonds. The lowest BCUT2D eigenvalue weighted by Gasteiger charge is -1.94. The summed E-state index contributed by atoms with van der Waals surface area (Å²) in [5.41, 5.74) is 6.66. The molecular formula is C9H9N3S. The predicted octanol–water partition coefficient (Wildman–Crippen LogP) is 1.71. The summed E-state index contributed by atoms with van der Waals surface area (Å²) >= 11 is 1.36. The first-order valence-corrected chi connectivity index (χ1v) is 4.74. The molecule has 0 spiro atoms. The van der Waals surface area contributed by atoms with Crippen molar-refractivity contribution in [1.82, 2.24) is 9.36 Å². The number of rotatable bonds is 2. The third-order valence-corrected chi connectivity index (χ3v) is 2.41. The topological polar surface area (TPSA) is 51.8 Å². The highest BCUT2D eigenvalue weighted by molar-refractivity contribution is 7.05. The smallest absolute Gasteiger partial charge is 0.232 e. The second-order valence-electron chi connectivity index (χ2n) is 2.71. The van der Waals surface area contributed by atoms with E-state index in [9.17, 15) is 0 Å². The maximum atomic E-state index is 5.42. The van der Waals surface area contributed by atoms with Crippen LogP contribution in [0, 0.1) is 0 Å².